The lowest BCUT2D eigenvalue weighted by Gasteiger charge is -2.33. The van der Waals surface area contributed by atoms with Crippen LogP contribution in [0.25, 0.3) is 11.3 Å². The Morgan fingerprint density at radius 3 is 2.94 bits per heavy atom. The SMILES string of the molecule is CCCOc1ccc(F)c(-c2ccc(N)c(C(=O)Nc3cnccc3N3CCCC(N)C3)n2)c1. The fourth-order valence-electron chi connectivity index (χ4n) is 3.98. The molecule has 0 bridgehead atoms. The molecule has 178 valence electrons. The van der Waals surface area contributed by atoms with Gasteiger partial charge < -0.3 is 26.4 Å². The zero-order valence-corrected chi connectivity index (χ0v) is 19.1. The van der Waals surface area contributed by atoms with Crippen LogP contribution in [-0.4, -0.2) is 41.6 Å². The molecule has 1 unspecified atom stereocenters. The Hall–Kier alpha value is -3.72. The van der Waals surface area contributed by atoms with Crippen molar-refractivity contribution in [1.29, 1.82) is 0 Å². The van der Waals surface area contributed by atoms with E-state index in [2.05, 4.69) is 20.2 Å². The fourth-order valence-corrected chi connectivity index (χ4v) is 3.98. The van der Waals surface area contributed by atoms with Crippen LogP contribution in [0.5, 0.6) is 5.75 Å². The van der Waals surface area contributed by atoms with E-state index in [9.17, 15) is 9.18 Å². The highest BCUT2D eigenvalue weighted by molar-refractivity contribution is 6.07. The number of nitrogen functional groups attached to an aromatic ring is 1. The third-order valence-electron chi connectivity index (χ3n) is 5.67. The van der Waals surface area contributed by atoms with Gasteiger partial charge in [0.25, 0.3) is 5.91 Å². The summed E-state index contributed by atoms with van der Waals surface area (Å²) in [4.78, 5) is 23.8. The number of benzene rings is 1. The molecule has 34 heavy (non-hydrogen) atoms. The first-order valence-corrected chi connectivity index (χ1v) is 11.4. The van der Waals surface area contributed by atoms with Crippen LogP contribution in [0.2, 0.25) is 0 Å². The molecule has 0 aliphatic carbocycles. The van der Waals surface area contributed by atoms with Crippen molar-refractivity contribution in [3.63, 3.8) is 0 Å². The van der Waals surface area contributed by atoms with Crippen LogP contribution in [0.3, 0.4) is 0 Å². The average molecular weight is 465 g/mol. The van der Waals surface area contributed by atoms with E-state index in [1.54, 1.807) is 36.7 Å². The van der Waals surface area contributed by atoms with Gasteiger partial charge in [-0.25, -0.2) is 9.37 Å². The number of anilines is 3. The summed E-state index contributed by atoms with van der Waals surface area (Å²) in [6.45, 7) is 4.04. The molecule has 8 nitrogen and oxygen atoms in total. The molecule has 0 saturated carbocycles. The second-order valence-corrected chi connectivity index (χ2v) is 8.32. The molecule has 3 aromatic rings. The van der Waals surface area contributed by atoms with E-state index in [0.717, 1.165) is 31.5 Å². The summed E-state index contributed by atoms with van der Waals surface area (Å²) in [5.41, 5.74) is 14.3. The Kier molecular flexibility index (Phi) is 7.22. The van der Waals surface area contributed by atoms with Crippen molar-refractivity contribution in [3.05, 3.63) is 60.3 Å². The molecule has 1 fully saturated rings. The van der Waals surface area contributed by atoms with E-state index in [-0.39, 0.29) is 28.7 Å². The lowest BCUT2D eigenvalue weighted by Crippen LogP contribution is -2.43. The molecular formula is C25H29FN6O2. The molecule has 1 amide bonds. The highest BCUT2D eigenvalue weighted by Crippen LogP contribution is 2.30. The highest BCUT2D eigenvalue weighted by atomic mass is 19.1. The number of nitrogens with one attached hydrogen (secondary N) is 1. The number of nitrogens with zero attached hydrogens (tertiary/aromatic N) is 3. The van der Waals surface area contributed by atoms with Crippen LogP contribution in [0.4, 0.5) is 21.5 Å². The van der Waals surface area contributed by atoms with E-state index >= 15 is 0 Å². The average Bonchev–Trinajstić information content (AvgIpc) is 2.84. The highest BCUT2D eigenvalue weighted by Gasteiger charge is 2.22. The lowest BCUT2D eigenvalue weighted by molar-refractivity contribution is 0.102. The minimum atomic E-state index is -0.506. The monoisotopic (exact) mass is 464 g/mol. The Labute approximate surface area is 198 Å². The van der Waals surface area contributed by atoms with Gasteiger partial charge >= 0.3 is 0 Å². The first-order valence-electron chi connectivity index (χ1n) is 11.4. The second-order valence-electron chi connectivity index (χ2n) is 8.32. The van der Waals surface area contributed by atoms with Crippen molar-refractivity contribution in [2.75, 3.05) is 35.6 Å². The molecule has 9 heteroatoms. The number of hydrogen-bond acceptors (Lipinski definition) is 7. The number of carbonyl (C=O) groups excluding carboxylic acids is 1. The third-order valence-corrected chi connectivity index (χ3v) is 5.67. The molecule has 1 aliphatic rings. The van der Waals surface area contributed by atoms with Crippen LogP contribution < -0.4 is 26.4 Å². The largest absolute Gasteiger partial charge is 0.494 e. The maximum absolute atomic E-state index is 14.6. The number of hydrogen-bond donors (Lipinski definition) is 3. The molecule has 4 rings (SSSR count). The first-order chi connectivity index (χ1) is 16.5. The number of ether oxygens (including phenoxy) is 1. The summed E-state index contributed by atoms with van der Waals surface area (Å²) < 4.78 is 20.2. The summed E-state index contributed by atoms with van der Waals surface area (Å²) in [5, 5.41) is 2.87. The molecule has 1 atom stereocenters. The van der Waals surface area contributed by atoms with Gasteiger partial charge in [-0.3, -0.25) is 9.78 Å². The Balaban J connectivity index is 1.61. The molecule has 1 aliphatic heterocycles. The number of pyridine rings is 2. The number of rotatable bonds is 7. The van der Waals surface area contributed by atoms with Crippen molar-refractivity contribution in [3.8, 4) is 17.0 Å². The quantitative estimate of drug-likeness (QED) is 0.486. The van der Waals surface area contributed by atoms with Crippen LogP contribution in [0, 0.1) is 5.82 Å². The molecule has 1 aromatic carbocycles. The second kappa shape index (κ2) is 10.5. The van der Waals surface area contributed by atoms with Gasteiger partial charge in [0.1, 0.15) is 11.6 Å². The summed E-state index contributed by atoms with van der Waals surface area (Å²) in [7, 11) is 0. The maximum atomic E-state index is 14.6. The summed E-state index contributed by atoms with van der Waals surface area (Å²) in [6, 6.07) is 9.51. The van der Waals surface area contributed by atoms with Crippen LogP contribution in [-0.2, 0) is 0 Å². The van der Waals surface area contributed by atoms with Crippen molar-refractivity contribution in [1.82, 2.24) is 9.97 Å². The van der Waals surface area contributed by atoms with Gasteiger partial charge in [0.2, 0.25) is 0 Å². The van der Waals surface area contributed by atoms with Gasteiger partial charge in [-0.1, -0.05) is 6.92 Å². The van der Waals surface area contributed by atoms with Gasteiger partial charge in [0.15, 0.2) is 5.69 Å². The predicted molar refractivity (Wildman–Crippen MR) is 131 cm³/mol. The van der Waals surface area contributed by atoms with Gasteiger partial charge in [-0.2, -0.15) is 0 Å². The zero-order chi connectivity index (χ0) is 24.1. The maximum Gasteiger partial charge on any atom is 0.276 e. The minimum absolute atomic E-state index is 0.00179. The van der Waals surface area contributed by atoms with E-state index in [1.807, 2.05) is 13.0 Å². The molecule has 3 heterocycles. The van der Waals surface area contributed by atoms with E-state index in [1.165, 1.54) is 6.07 Å². The summed E-state index contributed by atoms with van der Waals surface area (Å²) >= 11 is 0. The van der Waals surface area contributed by atoms with Gasteiger partial charge in [-0.15, -0.1) is 0 Å². The Bertz CT molecular complexity index is 1170. The van der Waals surface area contributed by atoms with Crippen LogP contribution in [0.15, 0.2) is 48.8 Å². The lowest BCUT2D eigenvalue weighted by atomic mass is 10.1. The normalized spacial score (nSPS) is 15.7. The number of piperidine rings is 1. The van der Waals surface area contributed by atoms with Gasteiger partial charge in [0.05, 0.1) is 35.6 Å². The predicted octanol–water partition coefficient (Wildman–Crippen LogP) is 3.83. The number of amides is 1. The first kappa shape index (κ1) is 23.4. The van der Waals surface area contributed by atoms with Crippen molar-refractivity contribution < 1.29 is 13.9 Å². The standard InChI is InChI=1S/C25H29FN6O2/c1-2-12-34-17-5-6-19(26)18(13-17)21-8-7-20(28)24(30-21)25(33)31-22-14-29-10-9-23(22)32-11-3-4-16(27)15-32/h5-10,13-14,16H,2-4,11-12,15,27-28H2,1H3,(H,31,33). The van der Waals surface area contributed by atoms with Crippen molar-refractivity contribution in [2.45, 2.75) is 32.2 Å². The molecule has 0 spiro atoms. The summed E-state index contributed by atoms with van der Waals surface area (Å²) in [5.74, 6) is -0.445. The molecular weight excluding hydrogens is 435 g/mol. The van der Waals surface area contributed by atoms with E-state index in [4.69, 9.17) is 16.2 Å². The van der Waals surface area contributed by atoms with E-state index in [0.29, 0.717) is 24.6 Å². The van der Waals surface area contributed by atoms with Crippen molar-refractivity contribution in [2.24, 2.45) is 5.73 Å². The molecule has 5 N–H and O–H groups in total. The number of nitrogens with two attached hydrogens (primary N) is 2. The van der Waals surface area contributed by atoms with E-state index < -0.39 is 11.7 Å². The number of carbonyl (C=O) groups is 1. The van der Waals surface area contributed by atoms with Crippen LogP contribution >= 0.6 is 0 Å². The Morgan fingerprint density at radius 2 is 2.15 bits per heavy atom. The fraction of sp³-hybridized carbons (Fsp3) is 0.320. The van der Waals surface area contributed by atoms with Crippen LogP contribution in [0.1, 0.15) is 36.7 Å². The topological polar surface area (TPSA) is 119 Å². The number of aromatic nitrogens is 2. The minimum Gasteiger partial charge on any atom is -0.494 e. The van der Waals surface area contributed by atoms with Gasteiger partial charge in [-0.05, 0) is 55.7 Å². The smallest absolute Gasteiger partial charge is 0.276 e. The number of halogens is 1. The molecule has 0 radical (unpaired) electrons. The van der Waals surface area contributed by atoms with Gasteiger partial charge in [0, 0.05) is 30.9 Å². The summed E-state index contributed by atoms with van der Waals surface area (Å²) in [6.07, 6.45) is 6.03. The van der Waals surface area contributed by atoms with Crippen molar-refractivity contribution >= 4 is 23.0 Å². The molecule has 2 aromatic heterocycles. The Morgan fingerprint density at radius 1 is 1.29 bits per heavy atom. The third kappa shape index (κ3) is 5.26. The molecule has 1 saturated heterocycles. The zero-order valence-electron chi connectivity index (χ0n) is 19.1.